The fourth-order valence-corrected chi connectivity index (χ4v) is 2.21. The lowest BCUT2D eigenvalue weighted by Gasteiger charge is -2.12. The van der Waals surface area contributed by atoms with Crippen LogP contribution in [0.25, 0.3) is 10.9 Å². The third-order valence-electron chi connectivity index (χ3n) is 3.27. The lowest BCUT2D eigenvalue weighted by atomic mass is 10.2. The number of ether oxygens (including phenoxy) is 1. The summed E-state index contributed by atoms with van der Waals surface area (Å²) in [6, 6.07) is 11.0. The lowest BCUT2D eigenvalue weighted by molar-refractivity contribution is -0.124. The molecule has 116 valence electrons. The number of amides is 1. The van der Waals surface area contributed by atoms with Crippen LogP contribution in [0.1, 0.15) is 37.2 Å². The molecular weight excluding hydrogens is 280 g/mol. The minimum atomic E-state index is -0.593. The van der Waals surface area contributed by atoms with Gasteiger partial charge in [-0.3, -0.25) is 4.79 Å². The number of benzene rings is 1. The summed E-state index contributed by atoms with van der Waals surface area (Å²) in [5, 5.41) is 3.73. The second-order valence-corrected chi connectivity index (χ2v) is 5.22. The summed E-state index contributed by atoms with van der Waals surface area (Å²) in [6.45, 7) is 3.68. The van der Waals surface area contributed by atoms with Crippen molar-refractivity contribution in [3.05, 3.63) is 42.1 Å². The zero-order valence-electron chi connectivity index (χ0n) is 12.8. The minimum Gasteiger partial charge on any atom is -0.451 e. The number of hydrogen-bond acceptors (Lipinski definition) is 4. The van der Waals surface area contributed by atoms with E-state index >= 15 is 0 Å². The number of aromatic nitrogens is 1. The Morgan fingerprint density at radius 2 is 2.00 bits per heavy atom. The molecule has 22 heavy (non-hydrogen) atoms. The predicted octanol–water partition coefficient (Wildman–Crippen LogP) is 2.70. The molecular formula is C17H20N2O3. The Morgan fingerprint density at radius 3 is 2.77 bits per heavy atom. The minimum absolute atomic E-state index is 0.0787. The number of para-hydroxylation sites is 1. The second-order valence-electron chi connectivity index (χ2n) is 5.22. The molecule has 1 heterocycles. The highest BCUT2D eigenvalue weighted by molar-refractivity contribution is 5.92. The summed E-state index contributed by atoms with van der Waals surface area (Å²) < 4.78 is 5.00. The molecule has 1 aromatic heterocycles. The first-order chi connectivity index (χ1) is 10.6. The highest BCUT2D eigenvalue weighted by Crippen LogP contribution is 2.12. The normalized spacial score (nSPS) is 11.9. The van der Waals surface area contributed by atoms with Gasteiger partial charge in [0.1, 0.15) is 5.69 Å². The van der Waals surface area contributed by atoms with Crippen LogP contribution in [0.4, 0.5) is 0 Å². The average Bonchev–Trinajstić information content (AvgIpc) is 2.52. The molecule has 2 aromatic rings. The maximum atomic E-state index is 11.9. The van der Waals surface area contributed by atoms with Gasteiger partial charge in [0, 0.05) is 11.4 Å². The number of esters is 1. The Kier molecular flexibility index (Phi) is 5.47. The summed E-state index contributed by atoms with van der Waals surface area (Å²) in [4.78, 5) is 27.8. The smallest absolute Gasteiger partial charge is 0.357 e. The first kappa shape index (κ1) is 15.9. The molecule has 0 saturated heterocycles. The Bertz CT molecular complexity index is 670. The average molecular weight is 300 g/mol. The van der Waals surface area contributed by atoms with Gasteiger partial charge < -0.3 is 10.1 Å². The van der Waals surface area contributed by atoms with Crippen LogP contribution >= 0.6 is 0 Å². The predicted molar refractivity (Wildman–Crippen MR) is 84.5 cm³/mol. The molecule has 0 bridgehead atoms. The molecule has 1 aromatic carbocycles. The molecule has 1 atom stereocenters. The van der Waals surface area contributed by atoms with E-state index in [1.165, 1.54) is 0 Å². The van der Waals surface area contributed by atoms with Crippen LogP contribution in [-0.2, 0) is 9.53 Å². The zero-order chi connectivity index (χ0) is 15.9. The third-order valence-corrected chi connectivity index (χ3v) is 3.27. The summed E-state index contributed by atoms with van der Waals surface area (Å²) in [7, 11) is 0. The number of pyridine rings is 1. The Balaban J connectivity index is 1.92. The van der Waals surface area contributed by atoms with Crippen LogP contribution in [0.2, 0.25) is 0 Å². The van der Waals surface area contributed by atoms with Crippen molar-refractivity contribution < 1.29 is 14.3 Å². The van der Waals surface area contributed by atoms with E-state index in [1.54, 1.807) is 6.07 Å². The van der Waals surface area contributed by atoms with Crippen molar-refractivity contribution in [1.29, 1.82) is 0 Å². The van der Waals surface area contributed by atoms with Crippen LogP contribution in [-0.4, -0.2) is 29.5 Å². The maximum absolute atomic E-state index is 11.9. The molecule has 0 saturated carbocycles. The van der Waals surface area contributed by atoms with Gasteiger partial charge in [-0.05, 0) is 25.5 Å². The van der Waals surface area contributed by atoms with E-state index in [0.717, 1.165) is 23.7 Å². The Hall–Kier alpha value is -2.43. The van der Waals surface area contributed by atoms with E-state index in [1.807, 2.05) is 44.2 Å². The molecule has 0 fully saturated rings. The standard InChI is InChI=1S/C17H20N2O3/c1-3-6-12(2)18-16(20)11-22-17(21)15-10-9-13-7-4-5-8-14(13)19-15/h4-5,7-10,12H,3,6,11H2,1-2H3,(H,18,20). The van der Waals surface area contributed by atoms with Crippen LogP contribution in [0, 0.1) is 0 Å². The molecule has 5 nitrogen and oxygen atoms in total. The number of nitrogens with zero attached hydrogens (tertiary/aromatic N) is 1. The van der Waals surface area contributed by atoms with E-state index in [0.29, 0.717) is 0 Å². The molecule has 1 unspecified atom stereocenters. The Morgan fingerprint density at radius 1 is 1.23 bits per heavy atom. The molecule has 1 N–H and O–H groups in total. The van der Waals surface area contributed by atoms with Gasteiger partial charge in [0.05, 0.1) is 5.52 Å². The van der Waals surface area contributed by atoms with E-state index in [-0.39, 0.29) is 24.2 Å². The van der Waals surface area contributed by atoms with Gasteiger partial charge in [0.2, 0.25) is 0 Å². The van der Waals surface area contributed by atoms with Crippen LogP contribution in [0.5, 0.6) is 0 Å². The van der Waals surface area contributed by atoms with E-state index < -0.39 is 5.97 Å². The first-order valence-corrected chi connectivity index (χ1v) is 7.42. The van der Waals surface area contributed by atoms with Crippen molar-refractivity contribution in [3.63, 3.8) is 0 Å². The highest BCUT2D eigenvalue weighted by Gasteiger charge is 2.13. The van der Waals surface area contributed by atoms with Crippen LogP contribution < -0.4 is 5.32 Å². The molecule has 5 heteroatoms. The quantitative estimate of drug-likeness (QED) is 0.833. The van der Waals surface area contributed by atoms with E-state index in [4.69, 9.17) is 4.74 Å². The van der Waals surface area contributed by atoms with Gasteiger partial charge >= 0.3 is 5.97 Å². The van der Waals surface area contributed by atoms with Crippen molar-refractivity contribution in [1.82, 2.24) is 10.3 Å². The number of nitrogens with one attached hydrogen (secondary N) is 1. The van der Waals surface area contributed by atoms with Crippen molar-refractivity contribution in [2.45, 2.75) is 32.7 Å². The number of hydrogen-bond donors (Lipinski definition) is 1. The number of fused-ring (bicyclic) bond motifs is 1. The molecule has 0 aliphatic heterocycles. The first-order valence-electron chi connectivity index (χ1n) is 7.42. The fraction of sp³-hybridized carbons (Fsp3) is 0.353. The molecule has 0 aliphatic rings. The molecule has 0 radical (unpaired) electrons. The molecule has 0 aliphatic carbocycles. The van der Waals surface area contributed by atoms with Crippen molar-refractivity contribution in [3.8, 4) is 0 Å². The van der Waals surface area contributed by atoms with Gasteiger partial charge in [-0.15, -0.1) is 0 Å². The summed E-state index contributed by atoms with van der Waals surface area (Å²) in [5.74, 6) is -0.890. The molecule has 0 spiro atoms. The van der Waals surface area contributed by atoms with Gasteiger partial charge in [-0.2, -0.15) is 0 Å². The van der Waals surface area contributed by atoms with Crippen molar-refractivity contribution in [2.75, 3.05) is 6.61 Å². The largest absolute Gasteiger partial charge is 0.451 e. The molecule has 1 amide bonds. The summed E-state index contributed by atoms with van der Waals surface area (Å²) in [6.07, 6.45) is 1.88. The van der Waals surface area contributed by atoms with Gasteiger partial charge in [0.15, 0.2) is 6.61 Å². The summed E-state index contributed by atoms with van der Waals surface area (Å²) in [5.41, 5.74) is 0.922. The van der Waals surface area contributed by atoms with Crippen LogP contribution in [0.3, 0.4) is 0 Å². The highest BCUT2D eigenvalue weighted by atomic mass is 16.5. The van der Waals surface area contributed by atoms with Crippen LogP contribution in [0.15, 0.2) is 36.4 Å². The Labute approximate surface area is 129 Å². The van der Waals surface area contributed by atoms with Gasteiger partial charge in [-0.1, -0.05) is 37.6 Å². The number of carbonyl (C=O) groups excluding carboxylic acids is 2. The van der Waals surface area contributed by atoms with Crippen molar-refractivity contribution >= 4 is 22.8 Å². The molecule has 2 rings (SSSR count). The lowest BCUT2D eigenvalue weighted by Crippen LogP contribution is -2.35. The van der Waals surface area contributed by atoms with E-state index in [9.17, 15) is 9.59 Å². The second kappa shape index (κ2) is 7.54. The van der Waals surface area contributed by atoms with Gasteiger partial charge in [-0.25, -0.2) is 9.78 Å². The summed E-state index contributed by atoms with van der Waals surface area (Å²) >= 11 is 0. The van der Waals surface area contributed by atoms with E-state index in [2.05, 4.69) is 10.3 Å². The number of carbonyl (C=O) groups is 2. The zero-order valence-corrected chi connectivity index (χ0v) is 12.8. The number of rotatable bonds is 6. The fourth-order valence-electron chi connectivity index (χ4n) is 2.21. The van der Waals surface area contributed by atoms with Crippen molar-refractivity contribution in [2.24, 2.45) is 0 Å². The SMILES string of the molecule is CCCC(C)NC(=O)COC(=O)c1ccc2ccccc2n1. The maximum Gasteiger partial charge on any atom is 0.357 e. The third kappa shape index (κ3) is 4.28. The monoisotopic (exact) mass is 300 g/mol. The topological polar surface area (TPSA) is 68.3 Å². The van der Waals surface area contributed by atoms with Gasteiger partial charge in [0.25, 0.3) is 5.91 Å².